The van der Waals surface area contributed by atoms with Crippen molar-refractivity contribution in [1.82, 2.24) is 25.6 Å². The van der Waals surface area contributed by atoms with Crippen LogP contribution in [0.1, 0.15) is 62.5 Å². The molecule has 1 aliphatic carbocycles. The van der Waals surface area contributed by atoms with Crippen LogP contribution in [0, 0.1) is 5.41 Å². The van der Waals surface area contributed by atoms with E-state index in [0.29, 0.717) is 28.1 Å². The SMILES string of the molecule is CNC1=C(C(=N)c2cnc3[nH]cc(C(=O)NC(C)(C)C)c3n2)CCCC1. The van der Waals surface area contributed by atoms with Gasteiger partial charge in [-0.3, -0.25) is 10.2 Å². The summed E-state index contributed by atoms with van der Waals surface area (Å²) in [6.07, 6.45) is 7.24. The Hall–Kier alpha value is -2.70. The highest BCUT2D eigenvalue weighted by Gasteiger charge is 2.22. The van der Waals surface area contributed by atoms with Crippen molar-refractivity contribution in [2.75, 3.05) is 7.05 Å². The molecule has 0 unspecified atom stereocenters. The van der Waals surface area contributed by atoms with Gasteiger partial charge in [0, 0.05) is 24.5 Å². The van der Waals surface area contributed by atoms with Crippen molar-refractivity contribution < 1.29 is 4.79 Å². The molecule has 7 heteroatoms. The molecule has 0 saturated carbocycles. The molecular formula is C19H26N6O. The minimum absolute atomic E-state index is 0.200. The Bertz CT molecular complexity index is 887. The van der Waals surface area contributed by atoms with Crippen LogP contribution in [0.4, 0.5) is 0 Å². The first-order valence-electron chi connectivity index (χ1n) is 8.96. The van der Waals surface area contributed by atoms with E-state index in [4.69, 9.17) is 5.41 Å². The van der Waals surface area contributed by atoms with Gasteiger partial charge in [-0.25, -0.2) is 9.97 Å². The summed E-state index contributed by atoms with van der Waals surface area (Å²) in [5.41, 5.74) is 4.12. The summed E-state index contributed by atoms with van der Waals surface area (Å²) >= 11 is 0. The van der Waals surface area contributed by atoms with Crippen LogP contribution in [0.15, 0.2) is 23.7 Å². The quantitative estimate of drug-likeness (QED) is 0.633. The van der Waals surface area contributed by atoms with E-state index in [0.717, 1.165) is 37.0 Å². The van der Waals surface area contributed by atoms with E-state index >= 15 is 0 Å². The molecule has 0 radical (unpaired) electrons. The molecule has 2 aromatic rings. The number of nitrogens with one attached hydrogen (secondary N) is 4. The van der Waals surface area contributed by atoms with Crippen LogP contribution in [0.3, 0.4) is 0 Å². The molecule has 0 fully saturated rings. The van der Waals surface area contributed by atoms with E-state index in [1.807, 2.05) is 27.8 Å². The van der Waals surface area contributed by atoms with Crippen molar-refractivity contribution >= 4 is 22.8 Å². The number of carbonyl (C=O) groups excluding carboxylic acids is 1. The normalized spacial score (nSPS) is 15.2. The first kappa shape index (κ1) is 18.1. The van der Waals surface area contributed by atoms with Crippen LogP contribution in [0.2, 0.25) is 0 Å². The van der Waals surface area contributed by atoms with Gasteiger partial charge in [-0.2, -0.15) is 0 Å². The molecule has 0 aliphatic heterocycles. The largest absolute Gasteiger partial charge is 0.391 e. The lowest BCUT2D eigenvalue weighted by molar-refractivity contribution is 0.0921. The molecule has 2 aromatic heterocycles. The van der Waals surface area contributed by atoms with Gasteiger partial charge in [0.15, 0.2) is 5.65 Å². The summed E-state index contributed by atoms with van der Waals surface area (Å²) in [5, 5.41) is 14.8. The zero-order valence-corrected chi connectivity index (χ0v) is 15.8. The number of rotatable bonds is 4. The third-order valence-corrected chi connectivity index (χ3v) is 4.44. The second kappa shape index (κ2) is 6.90. The van der Waals surface area contributed by atoms with Gasteiger partial charge in [0.1, 0.15) is 11.2 Å². The number of H-pyrrole nitrogens is 1. The minimum atomic E-state index is -0.340. The topological polar surface area (TPSA) is 107 Å². The predicted molar refractivity (Wildman–Crippen MR) is 102 cm³/mol. The van der Waals surface area contributed by atoms with Gasteiger partial charge in [0.05, 0.1) is 17.5 Å². The van der Waals surface area contributed by atoms with Crippen molar-refractivity contribution in [3.8, 4) is 0 Å². The number of aromatic amines is 1. The van der Waals surface area contributed by atoms with E-state index in [9.17, 15) is 4.79 Å². The maximum atomic E-state index is 12.5. The summed E-state index contributed by atoms with van der Waals surface area (Å²) in [6.45, 7) is 5.80. The Morgan fingerprint density at radius 2 is 2.00 bits per heavy atom. The number of amides is 1. The fourth-order valence-electron chi connectivity index (χ4n) is 3.20. The molecule has 1 aliphatic rings. The molecule has 4 N–H and O–H groups in total. The van der Waals surface area contributed by atoms with Gasteiger partial charge in [-0.15, -0.1) is 0 Å². The monoisotopic (exact) mass is 354 g/mol. The van der Waals surface area contributed by atoms with Crippen molar-refractivity contribution in [2.24, 2.45) is 0 Å². The highest BCUT2D eigenvalue weighted by Crippen LogP contribution is 2.26. The molecule has 2 heterocycles. The first-order chi connectivity index (χ1) is 12.3. The third kappa shape index (κ3) is 3.61. The zero-order valence-electron chi connectivity index (χ0n) is 15.8. The fraction of sp³-hybridized carbons (Fsp3) is 0.474. The van der Waals surface area contributed by atoms with E-state index in [2.05, 4.69) is 25.6 Å². The van der Waals surface area contributed by atoms with Gasteiger partial charge >= 0.3 is 0 Å². The van der Waals surface area contributed by atoms with Crippen molar-refractivity contribution in [2.45, 2.75) is 52.0 Å². The standard InChI is InChI=1S/C19H26N6O/c1-19(2,3)25-18(26)12-9-22-17-16(12)24-14(10-23-17)15(20)11-7-5-6-8-13(11)21-4/h9-10,20-21H,5-8H2,1-4H3,(H,22,23)(H,25,26). The Labute approximate surface area is 153 Å². The average Bonchev–Trinajstić information content (AvgIpc) is 3.02. The highest BCUT2D eigenvalue weighted by atomic mass is 16.1. The van der Waals surface area contributed by atoms with Crippen LogP contribution < -0.4 is 10.6 Å². The van der Waals surface area contributed by atoms with Gasteiger partial charge in [-0.1, -0.05) is 0 Å². The van der Waals surface area contributed by atoms with E-state index < -0.39 is 0 Å². The van der Waals surface area contributed by atoms with Crippen molar-refractivity contribution in [1.29, 1.82) is 5.41 Å². The molecule has 26 heavy (non-hydrogen) atoms. The molecular weight excluding hydrogens is 328 g/mol. The summed E-state index contributed by atoms with van der Waals surface area (Å²) in [5.74, 6) is -0.200. The van der Waals surface area contributed by atoms with Crippen molar-refractivity contribution in [3.05, 3.63) is 34.9 Å². The Morgan fingerprint density at radius 3 is 2.69 bits per heavy atom. The molecule has 0 aromatic carbocycles. The van der Waals surface area contributed by atoms with E-state index in [1.165, 1.54) is 0 Å². The summed E-state index contributed by atoms with van der Waals surface area (Å²) in [4.78, 5) is 24.5. The Balaban J connectivity index is 1.98. The Morgan fingerprint density at radius 1 is 1.27 bits per heavy atom. The number of allylic oxidation sites excluding steroid dienone is 2. The zero-order chi connectivity index (χ0) is 18.9. The van der Waals surface area contributed by atoms with Crippen molar-refractivity contribution in [3.63, 3.8) is 0 Å². The second-order valence-electron chi connectivity index (χ2n) is 7.65. The highest BCUT2D eigenvalue weighted by molar-refractivity contribution is 6.11. The average molecular weight is 354 g/mol. The molecule has 0 atom stereocenters. The molecule has 138 valence electrons. The van der Waals surface area contributed by atoms with Crippen LogP contribution in [0.25, 0.3) is 11.2 Å². The summed E-state index contributed by atoms with van der Waals surface area (Å²) < 4.78 is 0. The number of aromatic nitrogens is 3. The molecule has 1 amide bonds. The number of hydrogen-bond donors (Lipinski definition) is 4. The minimum Gasteiger partial charge on any atom is -0.391 e. The molecule has 7 nitrogen and oxygen atoms in total. The number of hydrogen-bond acceptors (Lipinski definition) is 5. The van der Waals surface area contributed by atoms with Crippen LogP contribution in [0.5, 0.6) is 0 Å². The summed E-state index contributed by atoms with van der Waals surface area (Å²) in [7, 11) is 1.89. The smallest absolute Gasteiger partial charge is 0.255 e. The summed E-state index contributed by atoms with van der Waals surface area (Å²) in [6, 6.07) is 0. The number of nitrogens with zero attached hydrogens (tertiary/aromatic N) is 2. The number of carbonyl (C=O) groups is 1. The molecule has 0 saturated heterocycles. The Kier molecular flexibility index (Phi) is 4.80. The molecule has 0 spiro atoms. The van der Waals surface area contributed by atoms with Gasteiger partial charge in [-0.05, 0) is 52.0 Å². The van der Waals surface area contributed by atoms with Gasteiger partial charge in [0.2, 0.25) is 0 Å². The lowest BCUT2D eigenvalue weighted by atomic mass is 9.91. The van der Waals surface area contributed by atoms with Crippen LogP contribution >= 0.6 is 0 Å². The maximum absolute atomic E-state index is 12.5. The lowest BCUT2D eigenvalue weighted by Gasteiger charge is -2.21. The van der Waals surface area contributed by atoms with E-state index in [1.54, 1.807) is 12.4 Å². The molecule has 3 rings (SSSR count). The fourth-order valence-corrected chi connectivity index (χ4v) is 3.20. The maximum Gasteiger partial charge on any atom is 0.255 e. The lowest BCUT2D eigenvalue weighted by Crippen LogP contribution is -2.40. The molecule has 0 bridgehead atoms. The van der Waals surface area contributed by atoms with Gasteiger partial charge < -0.3 is 15.6 Å². The second-order valence-corrected chi connectivity index (χ2v) is 7.65. The van der Waals surface area contributed by atoms with E-state index in [-0.39, 0.29) is 11.4 Å². The third-order valence-electron chi connectivity index (χ3n) is 4.44. The van der Waals surface area contributed by atoms with Crippen LogP contribution in [-0.4, -0.2) is 39.2 Å². The first-order valence-corrected chi connectivity index (χ1v) is 8.96. The van der Waals surface area contributed by atoms with Crippen LogP contribution in [-0.2, 0) is 0 Å². The predicted octanol–water partition coefficient (Wildman–Crippen LogP) is 2.90. The van der Waals surface area contributed by atoms with Gasteiger partial charge in [0.25, 0.3) is 5.91 Å². The number of fused-ring (bicyclic) bond motifs is 1.